The normalized spacial score (nSPS) is 16.1. The zero-order valence-corrected chi connectivity index (χ0v) is 14.1. The van der Waals surface area contributed by atoms with Crippen LogP contribution in [0.5, 0.6) is 0 Å². The van der Waals surface area contributed by atoms with Crippen molar-refractivity contribution in [3.63, 3.8) is 0 Å². The smallest absolute Gasteiger partial charge is 0.201 e. The Morgan fingerprint density at radius 3 is 1.36 bits per heavy atom. The SMILES string of the molecule is CCCCS(C)(C)N(S(=O)(=O)C(F)(F)F)S(=O)(=O)C(F)(F)F. The lowest BCUT2D eigenvalue weighted by Gasteiger charge is -2.40. The first-order valence-corrected chi connectivity index (χ1v) is 11.0. The van der Waals surface area contributed by atoms with E-state index >= 15 is 0 Å². The van der Waals surface area contributed by atoms with Crippen molar-refractivity contribution in [2.75, 3.05) is 18.3 Å². The standard InChI is InChI=1S/C8H15F6NO4S3/c1-4-5-6-20(2,3)15(21(16,17)7(9,10)11)22(18,19)8(12,13)14/h4-6H2,1-3H3. The van der Waals surface area contributed by atoms with Gasteiger partial charge in [0, 0.05) is 0 Å². The van der Waals surface area contributed by atoms with Crippen LogP contribution in [0.3, 0.4) is 0 Å². The molecule has 0 bridgehead atoms. The Morgan fingerprint density at radius 2 is 1.14 bits per heavy atom. The van der Waals surface area contributed by atoms with Gasteiger partial charge in [-0.3, -0.25) is 0 Å². The summed E-state index contributed by atoms with van der Waals surface area (Å²) in [5.41, 5.74) is -12.3. The first-order chi connectivity index (χ1) is 9.43. The molecule has 0 saturated carbocycles. The summed E-state index contributed by atoms with van der Waals surface area (Å²) in [6.07, 6.45) is 1.95. The maximum atomic E-state index is 12.6. The highest BCUT2D eigenvalue weighted by Crippen LogP contribution is 2.54. The Bertz CT molecular complexity index is 548. The highest BCUT2D eigenvalue weighted by atomic mass is 32.4. The minimum Gasteiger partial charge on any atom is -0.201 e. The minimum atomic E-state index is -6.71. The van der Waals surface area contributed by atoms with Crippen molar-refractivity contribution >= 4 is 30.3 Å². The van der Waals surface area contributed by atoms with Gasteiger partial charge < -0.3 is 0 Å². The Hall–Kier alpha value is -0.210. The molecule has 0 unspecified atom stereocenters. The molecule has 0 fully saturated rings. The average Bonchev–Trinajstić information content (AvgIpc) is 2.21. The van der Waals surface area contributed by atoms with E-state index in [-0.39, 0.29) is 6.42 Å². The van der Waals surface area contributed by atoms with Gasteiger partial charge in [0.15, 0.2) is 0 Å². The fourth-order valence-electron chi connectivity index (χ4n) is 1.40. The van der Waals surface area contributed by atoms with E-state index in [0.29, 0.717) is 6.42 Å². The van der Waals surface area contributed by atoms with Crippen LogP contribution in [0.1, 0.15) is 19.8 Å². The van der Waals surface area contributed by atoms with E-state index in [0.717, 1.165) is 12.5 Å². The molecule has 0 N–H and O–H groups in total. The summed E-state index contributed by atoms with van der Waals surface area (Å²) in [5, 5.41) is 0. The van der Waals surface area contributed by atoms with Crippen molar-refractivity contribution in [2.45, 2.75) is 30.8 Å². The molecule has 0 amide bonds. The number of sulfonamides is 2. The van der Waals surface area contributed by atoms with E-state index in [1.165, 1.54) is 0 Å². The van der Waals surface area contributed by atoms with E-state index in [2.05, 4.69) is 0 Å². The predicted molar refractivity (Wildman–Crippen MR) is 71.0 cm³/mol. The van der Waals surface area contributed by atoms with Crippen LogP contribution in [0.25, 0.3) is 0 Å². The summed E-state index contributed by atoms with van der Waals surface area (Å²) in [6.45, 7) is 1.57. The Labute approximate surface area is 126 Å². The molecule has 136 valence electrons. The van der Waals surface area contributed by atoms with Gasteiger partial charge in [0.2, 0.25) is 0 Å². The van der Waals surface area contributed by atoms with Crippen LogP contribution in [-0.2, 0) is 20.0 Å². The zero-order chi connectivity index (χ0) is 18.2. The van der Waals surface area contributed by atoms with E-state index in [4.69, 9.17) is 0 Å². The third kappa shape index (κ3) is 4.20. The van der Waals surface area contributed by atoms with Gasteiger partial charge >= 0.3 is 31.1 Å². The molecular weight excluding hydrogens is 384 g/mol. The Morgan fingerprint density at radius 1 is 0.818 bits per heavy atom. The largest absolute Gasteiger partial charge is 0.513 e. The lowest BCUT2D eigenvalue weighted by molar-refractivity contribution is -0.0505. The van der Waals surface area contributed by atoms with E-state index in [9.17, 15) is 43.2 Å². The van der Waals surface area contributed by atoms with Crippen molar-refractivity contribution in [2.24, 2.45) is 0 Å². The van der Waals surface area contributed by atoms with Crippen molar-refractivity contribution in [3.8, 4) is 0 Å². The second-order valence-electron chi connectivity index (χ2n) is 4.60. The number of nitrogens with zero attached hydrogens (tertiary/aromatic N) is 1. The summed E-state index contributed by atoms with van der Waals surface area (Å²) in [7, 11) is -16.9. The van der Waals surface area contributed by atoms with Crippen LogP contribution in [0.15, 0.2) is 0 Å². The molecule has 0 aromatic carbocycles. The first kappa shape index (κ1) is 21.8. The molecule has 22 heavy (non-hydrogen) atoms. The lowest BCUT2D eigenvalue weighted by atomic mass is 10.4. The topological polar surface area (TPSA) is 71.5 Å². The highest BCUT2D eigenvalue weighted by molar-refractivity contribution is 8.40. The van der Waals surface area contributed by atoms with Gasteiger partial charge in [0.1, 0.15) is 0 Å². The van der Waals surface area contributed by atoms with Crippen LogP contribution >= 0.6 is 10.2 Å². The number of rotatable bonds is 6. The third-order valence-electron chi connectivity index (χ3n) is 2.38. The maximum absolute atomic E-state index is 12.6. The van der Waals surface area contributed by atoms with Crippen molar-refractivity contribution in [3.05, 3.63) is 0 Å². The molecule has 0 aliphatic rings. The third-order valence-corrected chi connectivity index (χ3v) is 11.2. The monoisotopic (exact) mass is 399 g/mol. The molecule has 0 spiro atoms. The number of unbranched alkanes of at least 4 members (excludes halogenated alkanes) is 1. The number of alkyl halides is 6. The molecule has 0 aromatic heterocycles. The lowest BCUT2D eigenvalue weighted by Crippen LogP contribution is -2.50. The van der Waals surface area contributed by atoms with E-state index in [1.54, 1.807) is 6.92 Å². The van der Waals surface area contributed by atoms with Gasteiger partial charge in [-0.05, 0) is 27.8 Å². The summed E-state index contributed by atoms with van der Waals surface area (Å²) >= 11 is 0. The molecule has 0 rings (SSSR count). The van der Waals surface area contributed by atoms with E-state index in [1.807, 2.05) is 0 Å². The van der Waals surface area contributed by atoms with Gasteiger partial charge in [-0.25, -0.2) is 16.8 Å². The van der Waals surface area contributed by atoms with Crippen LogP contribution in [-0.4, -0.2) is 49.2 Å². The van der Waals surface area contributed by atoms with Gasteiger partial charge in [-0.2, -0.15) is 36.6 Å². The second-order valence-corrected chi connectivity index (χ2v) is 12.6. The summed E-state index contributed by atoms with van der Waals surface area (Å²) in [5.74, 6) is -0.423. The molecule has 0 atom stereocenters. The Balaban J connectivity index is 6.41. The van der Waals surface area contributed by atoms with Gasteiger partial charge in [-0.1, -0.05) is 13.3 Å². The average molecular weight is 399 g/mol. The summed E-state index contributed by atoms with van der Waals surface area (Å²) < 4.78 is 120. The second kappa shape index (κ2) is 6.36. The summed E-state index contributed by atoms with van der Waals surface area (Å²) in [6, 6.07) is 0. The molecule has 0 aromatic rings. The molecule has 0 heterocycles. The van der Waals surface area contributed by atoms with Gasteiger partial charge in [0.25, 0.3) is 0 Å². The molecule has 5 nitrogen and oxygen atoms in total. The fraction of sp³-hybridized carbons (Fsp3) is 1.00. The number of hydrogen-bond acceptors (Lipinski definition) is 4. The highest BCUT2D eigenvalue weighted by Gasteiger charge is 2.64. The Kier molecular flexibility index (Phi) is 6.30. The number of halogens is 6. The molecule has 0 saturated heterocycles. The zero-order valence-electron chi connectivity index (χ0n) is 11.7. The van der Waals surface area contributed by atoms with Crippen molar-refractivity contribution in [1.29, 1.82) is 0 Å². The van der Waals surface area contributed by atoms with E-state index < -0.39 is 50.1 Å². The van der Waals surface area contributed by atoms with Crippen LogP contribution in [0.4, 0.5) is 26.3 Å². The molecule has 0 radical (unpaired) electrons. The first-order valence-electron chi connectivity index (χ1n) is 5.57. The minimum absolute atomic E-state index is 0.0690. The quantitative estimate of drug-likeness (QED) is 0.644. The van der Waals surface area contributed by atoms with Gasteiger partial charge in [0.05, 0.1) is 0 Å². The molecule has 14 heteroatoms. The van der Waals surface area contributed by atoms with Crippen molar-refractivity contribution in [1.82, 2.24) is 3.12 Å². The van der Waals surface area contributed by atoms with Crippen LogP contribution in [0.2, 0.25) is 0 Å². The molecular formula is C8H15F6NO4S3. The number of hydrogen-bond donors (Lipinski definition) is 0. The van der Waals surface area contributed by atoms with Gasteiger partial charge in [-0.15, -0.1) is 0 Å². The maximum Gasteiger partial charge on any atom is 0.513 e. The van der Waals surface area contributed by atoms with Crippen molar-refractivity contribution < 1.29 is 43.2 Å². The predicted octanol–water partition coefficient (Wildman–Crippen LogP) is 2.77. The van der Waals surface area contributed by atoms with Crippen LogP contribution in [0, 0.1) is 0 Å². The molecule has 0 aliphatic heterocycles. The van der Waals surface area contributed by atoms with Crippen LogP contribution < -0.4 is 0 Å². The summed E-state index contributed by atoms with van der Waals surface area (Å²) in [4.78, 5) is 0. The fourth-order valence-corrected chi connectivity index (χ4v) is 9.63. The molecule has 0 aliphatic carbocycles.